The van der Waals surface area contributed by atoms with Crippen molar-refractivity contribution in [3.05, 3.63) is 0 Å². The van der Waals surface area contributed by atoms with Crippen LogP contribution in [0.4, 0.5) is 0 Å². The van der Waals surface area contributed by atoms with Crippen molar-refractivity contribution in [2.24, 2.45) is 0 Å². The van der Waals surface area contributed by atoms with Gasteiger partial charge in [0.15, 0.2) is 0 Å². The molecule has 0 aromatic carbocycles. The standard InChI is InChI=1S/C4H10O4.4Na.2H4O7P2.4H/c5-1-3(7)4(8)2-6;;;;;2*1-8(2,3)7-9(4,5)6;;;;/h3-8H,1-2H2;;;;;2*(H2,1,2,3)(H2,4,5,6);;;;/q;4*+1;;;4*-1/t3-,4+;;;;;;;;;;. The molecular weight excluding hydrogens is 552 g/mol. The molecule has 0 bridgehead atoms. The monoisotopic (exact) mass is 574 g/mol. The number of phosphoric acid groups is 4. The molecule has 0 spiro atoms. The molecule has 0 saturated carbocycles. The van der Waals surface area contributed by atoms with Gasteiger partial charge in [0.1, 0.15) is 12.2 Å². The Morgan fingerprint density at radius 3 is 0.700 bits per heavy atom. The van der Waals surface area contributed by atoms with Crippen LogP contribution in [0.1, 0.15) is 5.71 Å². The van der Waals surface area contributed by atoms with Crippen molar-refractivity contribution in [3.8, 4) is 0 Å². The molecule has 0 fully saturated rings. The van der Waals surface area contributed by atoms with Gasteiger partial charge in [-0.1, -0.05) is 0 Å². The zero-order valence-corrected chi connectivity index (χ0v) is 27.8. The van der Waals surface area contributed by atoms with Crippen molar-refractivity contribution in [3.63, 3.8) is 0 Å². The van der Waals surface area contributed by atoms with E-state index in [2.05, 4.69) is 8.62 Å². The summed E-state index contributed by atoms with van der Waals surface area (Å²) >= 11 is 0. The van der Waals surface area contributed by atoms with Gasteiger partial charge in [-0.2, -0.15) is 8.62 Å². The molecule has 30 heavy (non-hydrogen) atoms. The van der Waals surface area contributed by atoms with E-state index in [0.29, 0.717) is 0 Å². The minimum Gasteiger partial charge on any atom is -1.00 e. The summed E-state index contributed by atoms with van der Waals surface area (Å²) in [7, 11) is -20.2. The molecule has 0 unspecified atom stereocenters. The SMILES string of the molecule is O=P(O)(O)OP(=O)(O)O.O=P(O)(O)OP(=O)(O)O.OC[C@@H](O)[C@@H](O)CO.[H-].[H-].[H-].[H-].[Na+].[Na+].[Na+].[Na+]. The molecular formula is C4H22Na4O18P4. The van der Waals surface area contributed by atoms with Gasteiger partial charge in [0, 0.05) is 0 Å². The summed E-state index contributed by atoms with van der Waals surface area (Å²) < 4.78 is 44.4. The van der Waals surface area contributed by atoms with Crippen molar-refractivity contribution in [2.75, 3.05) is 13.2 Å². The predicted molar refractivity (Wildman–Crippen MR) is 81.0 cm³/mol. The summed E-state index contributed by atoms with van der Waals surface area (Å²) in [5, 5.41) is 33.2. The van der Waals surface area contributed by atoms with Crippen molar-refractivity contribution in [1.29, 1.82) is 0 Å². The van der Waals surface area contributed by atoms with E-state index in [1.807, 2.05) is 0 Å². The van der Waals surface area contributed by atoms with Gasteiger partial charge < -0.3 is 65.3 Å². The average Bonchev–Trinajstić information content (AvgIpc) is 2.29. The molecule has 12 N–H and O–H groups in total. The van der Waals surface area contributed by atoms with Crippen molar-refractivity contribution in [2.45, 2.75) is 12.2 Å². The molecule has 0 rings (SSSR count). The fourth-order valence-corrected chi connectivity index (χ4v) is 2.74. The van der Waals surface area contributed by atoms with Gasteiger partial charge in [-0.15, -0.1) is 0 Å². The molecule has 18 nitrogen and oxygen atoms in total. The maximum absolute atomic E-state index is 9.63. The normalized spacial score (nSPS) is 13.1. The van der Waals surface area contributed by atoms with Gasteiger partial charge in [0.2, 0.25) is 0 Å². The van der Waals surface area contributed by atoms with E-state index in [-0.39, 0.29) is 124 Å². The maximum atomic E-state index is 9.63. The fraction of sp³-hybridized carbons (Fsp3) is 1.00. The van der Waals surface area contributed by atoms with Crippen LogP contribution in [0.25, 0.3) is 0 Å². The summed E-state index contributed by atoms with van der Waals surface area (Å²) in [4.78, 5) is 62.0. The number of aliphatic hydroxyl groups excluding tert-OH is 4. The van der Waals surface area contributed by atoms with E-state index in [1.165, 1.54) is 0 Å². The Kier molecular flexibility index (Phi) is 40.4. The summed E-state index contributed by atoms with van der Waals surface area (Å²) in [5.74, 6) is 0. The predicted octanol–water partition coefficient (Wildman–Crippen LogP) is -15.5. The van der Waals surface area contributed by atoms with E-state index in [9.17, 15) is 18.3 Å². The van der Waals surface area contributed by atoms with E-state index in [1.54, 1.807) is 0 Å². The van der Waals surface area contributed by atoms with Gasteiger partial charge in [0.25, 0.3) is 0 Å². The van der Waals surface area contributed by atoms with Gasteiger partial charge in [-0.25, -0.2) is 18.3 Å². The van der Waals surface area contributed by atoms with Crippen LogP contribution in [0.15, 0.2) is 0 Å². The molecule has 0 heterocycles. The number of aliphatic hydroxyl groups is 4. The third-order valence-electron chi connectivity index (χ3n) is 1.24. The number of hydrogen-bond acceptors (Lipinski definition) is 10. The van der Waals surface area contributed by atoms with Crippen molar-refractivity contribution >= 4 is 31.3 Å². The van der Waals surface area contributed by atoms with E-state index in [0.717, 1.165) is 0 Å². The Morgan fingerprint density at radius 1 is 0.533 bits per heavy atom. The first-order valence-electron chi connectivity index (χ1n) is 5.36. The smallest absolute Gasteiger partial charge is 1.00 e. The van der Waals surface area contributed by atoms with Crippen LogP contribution in [0.2, 0.25) is 0 Å². The second kappa shape index (κ2) is 23.7. The van der Waals surface area contributed by atoms with Crippen LogP contribution in [0.3, 0.4) is 0 Å². The van der Waals surface area contributed by atoms with Gasteiger partial charge in [-0.05, 0) is 0 Å². The van der Waals surface area contributed by atoms with Gasteiger partial charge in [0.05, 0.1) is 13.2 Å². The van der Waals surface area contributed by atoms with Crippen LogP contribution in [0.5, 0.6) is 0 Å². The first kappa shape index (κ1) is 51.1. The zero-order chi connectivity index (χ0) is 22.0. The number of hydrogen-bond donors (Lipinski definition) is 12. The van der Waals surface area contributed by atoms with Crippen LogP contribution in [-0.2, 0) is 26.9 Å². The third kappa shape index (κ3) is 53.6. The maximum Gasteiger partial charge on any atom is 1.00 e. The first-order valence-corrected chi connectivity index (χ1v) is 11.5. The molecule has 0 amide bonds. The quantitative estimate of drug-likeness (QED) is 0.0992. The third-order valence-corrected chi connectivity index (χ3v) is 4.65. The van der Waals surface area contributed by atoms with Crippen molar-refractivity contribution < 1.29 is 210 Å². The second-order valence-corrected chi connectivity index (χ2v) is 8.86. The molecule has 0 aromatic rings. The summed E-state index contributed by atoms with van der Waals surface area (Å²) in [6.45, 7) is -1.05. The summed E-state index contributed by atoms with van der Waals surface area (Å²) in [6, 6.07) is 0. The molecule has 2 atom stereocenters. The Bertz CT molecular complexity index is 492. The Balaban J connectivity index is -0.0000000232. The Hall–Kier alpha value is 4.36. The topological polar surface area (TPSA) is 330 Å². The summed E-state index contributed by atoms with van der Waals surface area (Å²) in [6.07, 6.45) is -2.44. The minimum atomic E-state index is -5.05. The summed E-state index contributed by atoms with van der Waals surface area (Å²) in [5.41, 5.74) is 0. The van der Waals surface area contributed by atoms with Crippen LogP contribution in [-0.4, -0.2) is 85.0 Å². The molecule has 0 aliphatic rings. The second-order valence-electron chi connectivity index (χ2n) is 3.63. The van der Waals surface area contributed by atoms with Crippen LogP contribution < -0.4 is 118 Å². The first-order chi connectivity index (χ1) is 11.1. The molecule has 170 valence electrons. The molecule has 0 aromatic heterocycles. The Morgan fingerprint density at radius 2 is 0.667 bits per heavy atom. The minimum absolute atomic E-state index is 0. The molecule has 0 aliphatic carbocycles. The van der Waals surface area contributed by atoms with Crippen molar-refractivity contribution in [1.82, 2.24) is 0 Å². The van der Waals surface area contributed by atoms with E-state index in [4.69, 9.17) is 59.6 Å². The van der Waals surface area contributed by atoms with E-state index >= 15 is 0 Å². The zero-order valence-electron chi connectivity index (χ0n) is 20.2. The van der Waals surface area contributed by atoms with Gasteiger partial charge >= 0.3 is 150 Å². The van der Waals surface area contributed by atoms with E-state index < -0.39 is 56.7 Å². The molecule has 0 radical (unpaired) electrons. The molecule has 0 aliphatic heterocycles. The Labute approximate surface area is 263 Å². The fourth-order valence-electron chi connectivity index (χ4n) is 0.520. The average molecular weight is 574 g/mol. The van der Waals surface area contributed by atoms with Gasteiger partial charge in [-0.3, -0.25) is 0 Å². The largest absolute Gasteiger partial charge is 1.00 e. The molecule has 0 saturated heterocycles. The van der Waals surface area contributed by atoms with Crippen LogP contribution in [0, 0.1) is 0 Å². The van der Waals surface area contributed by atoms with Crippen LogP contribution >= 0.6 is 31.3 Å². The number of rotatable bonds is 7. The molecule has 26 heteroatoms.